The van der Waals surface area contributed by atoms with Crippen molar-refractivity contribution in [1.82, 2.24) is 30.2 Å². The van der Waals surface area contributed by atoms with Gasteiger partial charge in [-0.1, -0.05) is 35.9 Å². The number of pyridine rings is 2. The Kier molecular flexibility index (Phi) is 7.67. The third-order valence-corrected chi connectivity index (χ3v) is 6.64. The van der Waals surface area contributed by atoms with E-state index in [0.29, 0.717) is 29.6 Å². The van der Waals surface area contributed by atoms with Crippen LogP contribution >= 0.6 is 11.6 Å². The van der Waals surface area contributed by atoms with Crippen LogP contribution in [-0.2, 0) is 17.8 Å². The molecule has 5 rings (SSSR count). The fraction of sp³-hybridized carbons (Fsp3) is 0.357. The van der Waals surface area contributed by atoms with Gasteiger partial charge in [0.15, 0.2) is 5.65 Å². The molecule has 11 heteroatoms. The number of imidazole rings is 1. The molecule has 0 atom stereocenters. The average molecular weight is 552 g/mol. The highest BCUT2D eigenvalue weighted by molar-refractivity contribution is 6.34. The number of piperazine rings is 1. The Bertz CT molecular complexity index is 1460. The molecule has 1 amide bonds. The maximum atomic E-state index is 13.5. The molecule has 39 heavy (non-hydrogen) atoms. The van der Waals surface area contributed by atoms with Crippen LogP contribution in [0, 0.1) is 5.82 Å². The number of anilines is 1. The second-order valence-electron chi connectivity index (χ2n) is 10.6. The second kappa shape index (κ2) is 11.2. The minimum Gasteiger partial charge on any atom is -0.444 e. The Labute approximate surface area is 231 Å². The number of ether oxygens (including phenoxy) is 1. The molecule has 204 valence electrons. The number of H-pyrrole nitrogens is 1. The number of alkyl carbamates (subject to hydrolysis) is 1. The van der Waals surface area contributed by atoms with Crippen molar-refractivity contribution in [2.75, 3.05) is 31.1 Å². The molecule has 4 heterocycles. The number of amides is 1. The van der Waals surface area contributed by atoms with Gasteiger partial charge in [0, 0.05) is 51.0 Å². The number of nitrogens with one attached hydrogen (secondary N) is 2. The highest BCUT2D eigenvalue weighted by atomic mass is 35.5. The molecule has 1 saturated heterocycles. The van der Waals surface area contributed by atoms with Gasteiger partial charge in [0.05, 0.1) is 23.1 Å². The lowest BCUT2D eigenvalue weighted by Crippen LogP contribution is -2.46. The lowest BCUT2D eigenvalue weighted by atomic mass is 10.1. The number of halogens is 2. The lowest BCUT2D eigenvalue weighted by Gasteiger charge is -2.36. The van der Waals surface area contributed by atoms with Gasteiger partial charge in [0.25, 0.3) is 0 Å². The van der Waals surface area contributed by atoms with Crippen LogP contribution in [0.25, 0.3) is 22.6 Å². The third-order valence-electron chi connectivity index (χ3n) is 6.37. The van der Waals surface area contributed by atoms with E-state index in [4.69, 9.17) is 21.3 Å². The fourth-order valence-corrected chi connectivity index (χ4v) is 4.83. The maximum Gasteiger partial charge on any atom is 0.407 e. The van der Waals surface area contributed by atoms with Gasteiger partial charge in [0.2, 0.25) is 0 Å². The molecule has 3 aromatic heterocycles. The molecule has 0 spiro atoms. The zero-order valence-electron chi connectivity index (χ0n) is 22.2. The van der Waals surface area contributed by atoms with Crippen LogP contribution in [0.2, 0.25) is 5.02 Å². The summed E-state index contributed by atoms with van der Waals surface area (Å²) < 4.78 is 18.8. The molecule has 0 saturated carbocycles. The first-order valence-electron chi connectivity index (χ1n) is 12.8. The smallest absolute Gasteiger partial charge is 0.407 e. The number of benzene rings is 1. The van der Waals surface area contributed by atoms with Crippen LogP contribution in [-0.4, -0.2) is 62.7 Å². The summed E-state index contributed by atoms with van der Waals surface area (Å²) in [5.74, 6) is 0.365. The Morgan fingerprint density at radius 3 is 2.54 bits per heavy atom. The van der Waals surface area contributed by atoms with E-state index in [9.17, 15) is 9.18 Å². The molecular weight excluding hydrogens is 521 g/mol. The third kappa shape index (κ3) is 6.63. The standard InChI is InChI=1S/C28H31ClFN7O2/c1-28(2,3)39-27(38)33-14-18-4-6-20(7-5-18)25-34-23-24(22(29)16-32-26(23)35-25)37-10-8-36(9-11-37)17-19-12-21(30)15-31-13-19/h4-7,12-13,15-16H,8-11,14,17H2,1-3H3,(H,33,38)(H,32,34,35). The Morgan fingerprint density at radius 2 is 1.85 bits per heavy atom. The van der Waals surface area contributed by atoms with Gasteiger partial charge in [-0.2, -0.15) is 0 Å². The number of fused-ring (bicyclic) bond motifs is 1. The first-order chi connectivity index (χ1) is 18.6. The zero-order chi connectivity index (χ0) is 27.6. The molecular formula is C28H31ClFN7O2. The van der Waals surface area contributed by atoms with E-state index in [1.54, 1.807) is 12.4 Å². The van der Waals surface area contributed by atoms with E-state index < -0.39 is 11.7 Å². The second-order valence-corrected chi connectivity index (χ2v) is 11.0. The van der Waals surface area contributed by atoms with Crippen LogP contribution in [0.3, 0.4) is 0 Å². The summed E-state index contributed by atoms with van der Waals surface area (Å²) in [6.45, 7) is 9.62. The lowest BCUT2D eigenvalue weighted by molar-refractivity contribution is 0.0523. The van der Waals surface area contributed by atoms with Crippen molar-refractivity contribution >= 4 is 34.5 Å². The molecule has 2 N–H and O–H groups in total. The van der Waals surface area contributed by atoms with E-state index in [-0.39, 0.29) is 5.82 Å². The summed E-state index contributed by atoms with van der Waals surface area (Å²) in [4.78, 5) is 33.0. The van der Waals surface area contributed by atoms with Gasteiger partial charge < -0.3 is 19.9 Å². The van der Waals surface area contributed by atoms with Crippen molar-refractivity contribution in [3.05, 3.63) is 70.9 Å². The van der Waals surface area contributed by atoms with E-state index in [0.717, 1.165) is 54.1 Å². The van der Waals surface area contributed by atoms with Gasteiger partial charge in [-0.15, -0.1) is 0 Å². The molecule has 4 aromatic rings. The van der Waals surface area contributed by atoms with E-state index in [2.05, 4.69) is 30.1 Å². The van der Waals surface area contributed by atoms with Crippen LogP contribution in [0.4, 0.5) is 14.9 Å². The Hall–Kier alpha value is -3.76. The van der Waals surface area contributed by atoms with Crippen LogP contribution in [0.5, 0.6) is 0 Å². The molecule has 0 radical (unpaired) electrons. The van der Waals surface area contributed by atoms with Gasteiger partial charge in [0.1, 0.15) is 22.8 Å². The summed E-state index contributed by atoms with van der Waals surface area (Å²) in [6, 6.07) is 9.30. The minimum atomic E-state index is -0.542. The van der Waals surface area contributed by atoms with Crippen molar-refractivity contribution in [1.29, 1.82) is 0 Å². The van der Waals surface area contributed by atoms with Crippen molar-refractivity contribution in [2.45, 2.75) is 39.5 Å². The summed E-state index contributed by atoms with van der Waals surface area (Å²) in [5, 5.41) is 3.33. The number of aromatic amines is 1. The van der Waals surface area contributed by atoms with Gasteiger partial charge in [-0.3, -0.25) is 9.88 Å². The van der Waals surface area contributed by atoms with Crippen LogP contribution in [0.1, 0.15) is 31.9 Å². The molecule has 1 aliphatic heterocycles. The summed E-state index contributed by atoms with van der Waals surface area (Å²) >= 11 is 6.64. The fourth-order valence-electron chi connectivity index (χ4n) is 4.57. The van der Waals surface area contributed by atoms with Crippen molar-refractivity contribution in [2.24, 2.45) is 0 Å². The highest BCUT2D eigenvalue weighted by Gasteiger charge is 2.23. The number of rotatable bonds is 6. The molecule has 1 aliphatic rings. The normalized spacial score (nSPS) is 14.5. The number of hydrogen-bond donors (Lipinski definition) is 2. The largest absolute Gasteiger partial charge is 0.444 e. The van der Waals surface area contributed by atoms with Crippen LogP contribution < -0.4 is 10.2 Å². The molecule has 1 aromatic carbocycles. The topological polar surface area (TPSA) is 99.3 Å². The first-order valence-corrected chi connectivity index (χ1v) is 13.2. The molecule has 0 bridgehead atoms. The summed E-state index contributed by atoms with van der Waals surface area (Å²) in [7, 11) is 0. The number of hydrogen-bond acceptors (Lipinski definition) is 7. The van der Waals surface area contributed by atoms with E-state index in [1.165, 1.54) is 12.3 Å². The Morgan fingerprint density at radius 1 is 1.10 bits per heavy atom. The van der Waals surface area contributed by atoms with E-state index in [1.807, 2.05) is 45.0 Å². The molecule has 9 nitrogen and oxygen atoms in total. The predicted molar refractivity (Wildman–Crippen MR) is 149 cm³/mol. The highest BCUT2D eigenvalue weighted by Crippen LogP contribution is 2.34. The number of carbonyl (C=O) groups is 1. The van der Waals surface area contributed by atoms with Gasteiger partial charge >= 0.3 is 6.09 Å². The average Bonchev–Trinajstić information content (AvgIpc) is 3.32. The van der Waals surface area contributed by atoms with Gasteiger partial charge in [-0.05, 0) is 38.0 Å². The Balaban J connectivity index is 1.27. The minimum absolute atomic E-state index is 0.320. The van der Waals surface area contributed by atoms with Crippen molar-refractivity contribution < 1.29 is 13.9 Å². The van der Waals surface area contributed by atoms with E-state index >= 15 is 0 Å². The number of carbonyl (C=O) groups excluding carboxylic acids is 1. The SMILES string of the molecule is CC(C)(C)OC(=O)NCc1ccc(-c2nc3ncc(Cl)c(N4CCN(Cc5cncc(F)c5)CC4)c3[nH]2)cc1. The summed E-state index contributed by atoms with van der Waals surface area (Å²) in [6.07, 6.45) is 4.11. The number of nitrogens with zero attached hydrogens (tertiary/aromatic N) is 5. The zero-order valence-corrected chi connectivity index (χ0v) is 22.9. The maximum absolute atomic E-state index is 13.5. The monoisotopic (exact) mass is 551 g/mol. The quantitative estimate of drug-likeness (QED) is 0.341. The first kappa shape index (κ1) is 26.8. The number of aromatic nitrogens is 4. The van der Waals surface area contributed by atoms with Gasteiger partial charge in [-0.25, -0.2) is 19.2 Å². The predicted octanol–water partition coefficient (Wildman–Crippen LogP) is 5.16. The molecule has 0 unspecified atom stereocenters. The molecule has 0 aliphatic carbocycles. The van der Waals surface area contributed by atoms with Crippen molar-refractivity contribution in [3.8, 4) is 11.4 Å². The van der Waals surface area contributed by atoms with Crippen molar-refractivity contribution in [3.63, 3.8) is 0 Å². The molecule has 1 fully saturated rings. The van der Waals surface area contributed by atoms with Crippen LogP contribution in [0.15, 0.2) is 48.9 Å². The summed E-state index contributed by atoms with van der Waals surface area (Å²) in [5.41, 5.74) is 4.41.